The molecular weight excluding hydrogens is 292 g/mol. The van der Waals surface area contributed by atoms with Crippen LogP contribution in [0.2, 0.25) is 0 Å². The summed E-state index contributed by atoms with van der Waals surface area (Å²) >= 11 is 3.34. The number of nitrogens with one attached hydrogen (secondary N) is 1. The number of hydrogen-bond donors (Lipinski definition) is 1. The van der Waals surface area contributed by atoms with E-state index in [1.54, 1.807) is 18.2 Å². The number of carbonyl (C=O) groups excluding carboxylic acids is 1. The van der Waals surface area contributed by atoms with Gasteiger partial charge in [0.05, 0.1) is 0 Å². The first-order valence-corrected chi connectivity index (χ1v) is 5.64. The average molecular weight is 300 g/mol. The second kappa shape index (κ2) is 4.79. The summed E-state index contributed by atoms with van der Waals surface area (Å²) in [6.07, 6.45) is -3.00. The predicted molar refractivity (Wildman–Crippen MR) is 66.3 cm³/mol. The summed E-state index contributed by atoms with van der Waals surface area (Å²) in [5, 5.41) is 3.99. The molecule has 88 valence electrons. The summed E-state index contributed by atoms with van der Waals surface area (Å²) in [7, 11) is 0. The van der Waals surface area contributed by atoms with Crippen molar-refractivity contribution in [2.24, 2.45) is 0 Å². The van der Waals surface area contributed by atoms with E-state index >= 15 is 0 Å². The van der Waals surface area contributed by atoms with Gasteiger partial charge in [0.25, 0.3) is 5.91 Å². The molecule has 0 radical (unpaired) electrons. The summed E-state index contributed by atoms with van der Waals surface area (Å²) in [6.45, 7) is 0. The van der Waals surface area contributed by atoms with Gasteiger partial charge in [0.2, 0.25) is 0 Å². The Morgan fingerprint density at radius 3 is 2.47 bits per heavy atom. The van der Waals surface area contributed by atoms with E-state index in [-0.39, 0.29) is 0 Å². The molecule has 0 spiro atoms. The van der Waals surface area contributed by atoms with Crippen LogP contribution in [0.5, 0.6) is 0 Å². The summed E-state index contributed by atoms with van der Waals surface area (Å²) in [6, 6.07) is 10.6. The van der Waals surface area contributed by atoms with Crippen molar-refractivity contribution in [2.75, 3.05) is 5.32 Å². The molecule has 2 rings (SSSR count). The molecule has 5 heteroatoms. The number of carbonyl (C=O) groups is 1. The normalized spacial score (nSPS) is 10.8. The number of halogens is 3. The first-order valence-electron chi connectivity index (χ1n) is 4.84. The molecule has 0 atom stereocenters. The van der Waals surface area contributed by atoms with E-state index in [9.17, 15) is 13.6 Å². The highest BCUT2D eigenvalue weighted by Gasteiger charge is 2.14. The van der Waals surface area contributed by atoms with Gasteiger partial charge in [-0.3, -0.25) is 4.79 Å². The van der Waals surface area contributed by atoms with Crippen molar-refractivity contribution in [3.8, 4) is 0 Å². The lowest BCUT2D eigenvalue weighted by atomic mass is 10.1. The van der Waals surface area contributed by atoms with Crippen molar-refractivity contribution in [1.82, 2.24) is 0 Å². The van der Waals surface area contributed by atoms with Gasteiger partial charge in [0.1, 0.15) is 0 Å². The van der Waals surface area contributed by atoms with Crippen LogP contribution < -0.4 is 5.32 Å². The topological polar surface area (TPSA) is 29.1 Å². The van der Waals surface area contributed by atoms with Gasteiger partial charge >= 0.3 is 6.43 Å². The molecule has 0 fully saturated rings. The van der Waals surface area contributed by atoms with Gasteiger partial charge < -0.3 is 5.32 Å². The van der Waals surface area contributed by atoms with E-state index in [0.717, 1.165) is 15.2 Å². The van der Waals surface area contributed by atoms with Gasteiger partial charge in [-0.25, -0.2) is 0 Å². The number of rotatable bonds is 2. The Hall–Kier alpha value is -1.49. The van der Waals surface area contributed by atoms with E-state index < -0.39 is 12.3 Å². The maximum Gasteiger partial charge on any atom is 0.315 e. The lowest BCUT2D eigenvalue weighted by molar-refractivity contribution is -0.126. The van der Waals surface area contributed by atoms with Gasteiger partial charge in [0.15, 0.2) is 0 Å². The Labute approximate surface area is 105 Å². The second-order valence-electron chi connectivity index (χ2n) is 3.50. The Balaban J connectivity index is 2.32. The van der Waals surface area contributed by atoms with E-state index in [4.69, 9.17) is 0 Å². The van der Waals surface area contributed by atoms with E-state index in [2.05, 4.69) is 21.2 Å². The van der Waals surface area contributed by atoms with Crippen LogP contribution in [-0.2, 0) is 4.79 Å². The van der Waals surface area contributed by atoms with E-state index in [1.165, 1.54) is 0 Å². The second-order valence-corrected chi connectivity index (χ2v) is 4.41. The van der Waals surface area contributed by atoms with Crippen LogP contribution in [0.25, 0.3) is 10.8 Å². The quantitative estimate of drug-likeness (QED) is 0.898. The third-order valence-corrected chi connectivity index (χ3v) is 2.76. The summed E-state index contributed by atoms with van der Waals surface area (Å²) < 4.78 is 25.1. The fourth-order valence-corrected chi connectivity index (χ4v) is 1.87. The molecular formula is C12H8BrF2NO. The number of fused-ring (bicyclic) bond motifs is 1. The van der Waals surface area contributed by atoms with Crippen molar-refractivity contribution in [1.29, 1.82) is 0 Å². The molecule has 0 bridgehead atoms. The molecule has 0 aromatic heterocycles. The Morgan fingerprint density at radius 2 is 1.76 bits per heavy atom. The molecule has 0 saturated heterocycles. The van der Waals surface area contributed by atoms with Crippen molar-refractivity contribution in [3.63, 3.8) is 0 Å². The third kappa shape index (κ3) is 2.79. The lowest BCUT2D eigenvalue weighted by Gasteiger charge is -2.06. The maximum absolute atomic E-state index is 12.1. The number of benzene rings is 2. The van der Waals surface area contributed by atoms with Crippen LogP contribution in [0.3, 0.4) is 0 Å². The molecule has 0 aliphatic carbocycles. The lowest BCUT2D eigenvalue weighted by Crippen LogP contribution is -2.19. The van der Waals surface area contributed by atoms with Crippen molar-refractivity contribution < 1.29 is 13.6 Å². The summed E-state index contributed by atoms with van der Waals surface area (Å²) in [5.41, 5.74) is 0.366. The standard InChI is InChI=1S/C12H8BrF2NO/c13-9-3-1-8-6-10(4-2-7(8)5-9)16-12(17)11(14)15/h1-6,11H,(H,16,17). The summed E-state index contributed by atoms with van der Waals surface area (Å²) in [4.78, 5) is 10.8. The fraction of sp³-hybridized carbons (Fsp3) is 0.0833. The molecule has 1 amide bonds. The molecule has 0 aliphatic rings. The molecule has 0 aliphatic heterocycles. The van der Waals surface area contributed by atoms with Crippen LogP contribution in [0.15, 0.2) is 40.9 Å². The van der Waals surface area contributed by atoms with Crippen LogP contribution in [0.1, 0.15) is 0 Å². The highest BCUT2D eigenvalue weighted by Crippen LogP contribution is 2.23. The highest BCUT2D eigenvalue weighted by atomic mass is 79.9. The van der Waals surface area contributed by atoms with Crippen LogP contribution in [0, 0.1) is 0 Å². The number of amides is 1. The zero-order valence-electron chi connectivity index (χ0n) is 8.58. The number of alkyl halides is 2. The maximum atomic E-state index is 12.1. The van der Waals surface area contributed by atoms with Crippen LogP contribution in [-0.4, -0.2) is 12.3 Å². The molecule has 1 N–H and O–H groups in total. The molecule has 2 aromatic rings. The largest absolute Gasteiger partial charge is 0.321 e. The smallest absolute Gasteiger partial charge is 0.315 e. The van der Waals surface area contributed by atoms with Crippen molar-refractivity contribution >= 4 is 38.3 Å². The van der Waals surface area contributed by atoms with Crippen LogP contribution >= 0.6 is 15.9 Å². The van der Waals surface area contributed by atoms with Gasteiger partial charge in [0, 0.05) is 10.2 Å². The van der Waals surface area contributed by atoms with Crippen LogP contribution in [0.4, 0.5) is 14.5 Å². The van der Waals surface area contributed by atoms with Gasteiger partial charge in [-0.15, -0.1) is 0 Å². The molecule has 2 aromatic carbocycles. The Bertz CT molecular complexity index is 571. The molecule has 2 nitrogen and oxygen atoms in total. The number of anilines is 1. The van der Waals surface area contributed by atoms with E-state index in [1.807, 2.05) is 18.2 Å². The van der Waals surface area contributed by atoms with Gasteiger partial charge in [-0.05, 0) is 35.0 Å². The SMILES string of the molecule is O=C(Nc1ccc2cc(Br)ccc2c1)C(F)F. The molecule has 0 saturated carbocycles. The summed E-state index contributed by atoms with van der Waals surface area (Å²) in [5.74, 6) is -1.29. The van der Waals surface area contributed by atoms with Crippen molar-refractivity contribution in [3.05, 3.63) is 40.9 Å². The predicted octanol–water partition coefficient (Wildman–Crippen LogP) is 3.81. The average Bonchev–Trinajstić information content (AvgIpc) is 2.29. The first-order chi connectivity index (χ1) is 8.06. The molecule has 0 heterocycles. The first kappa shape index (κ1) is 12.0. The monoisotopic (exact) mass is 299 g/mol. The minimum absolute atomic E-state index is 0.366. The number of hydrogen-bond acceptors (Lipinski definition) is 1. The van der Waals surface area contributed by atoms with E-state index in [0.29, 0.717) is 5.69 Å². The van der Waals surface area contributed by atoms with Crippen molar-refractivity contribution in [2.45, 2.75) is 6.43 Å². The molecule has 0 unspecified atom stereocenters. The minimum atomic E-state index is -3.00. The Morgan fingerprint density at radius 1 is 1.12 bits per heavy atom. The fourth-order valence-electron chi connectivity index (χ4n) is 1.49. The third-order valence-electron chi connectivity index (χ3n) is 2.27. The minimum Gasteiger partial charge on any atom is -0.321 e. The van der Waals surface area contributed by atoms with Gasteiger partial charge in [-0.2, -0.15) is 8.78 Å². The van der Waals surface area contributed by atoms with Gasteiger partial charge in [-0.1, -0.05) is 28.1 Å². The Kier molecular flexibility index (Phi) is 3.38. The zero-order valence-corrected chi connectivity index (χ0v) is 10.2. The highest BCUT2D eigenvalue weighted by molar-refractivity contribution is 9.10. The molecule has 17 heavy (non-hydrogen) atoms. The zero-order chi connectivity index (χ0) is 12.4.